The number of nitrogens with one attached hydrogen (secondary N) is 2. The maximum Gasteiger partial charge on any atom is 0.191 e. The number of halogens is 1. The van der Waals surface area contributed by atoms with Gasteiger partial charge in [-0.05, 0) is 42.0 Å². The van der Waals surface area contributed by atoms with Gasteiger partial charge in [-0.2, -0.15) is 0 Å². The molecule has 0 saturated carbocycles. The molecule has 0 amide bonds. The average Bonchev–Trinajstić information content (AvgIpc) is 2.64. The minimum Gasteiger partial charge on any atom is -0.387 e. The largest absolute Gasteiger partial charge is 0.387 e. The predicted molar refractivity (Wildman–Crippen MR) is 127 cm³/mol. The molecule has 0 bridgehead atoms. The van der Waals surface area contributed by atoms with Gasteiger partial charge in [-0.1, -0.05) is 51.1 Å². The van der Waals surface area contributed by atoms with Crippen LogP contribution >= 0.6 is 24.0 Å². The lowest BCUT2D eigenvalue weighted by Crippen LogP contribution is -2.39. The number of aliphatic imine (C=N–C) groups is 1. The highest BCUT2D eigenvalue weighted by Gasteiger charge is 2.15. The van der Waals surface area contributed by atoms with Crippen molar-refractivity contribution in [3.05, 3.63) is 65.0 Å². The molecule has 28 heavy (non-hydrogen) atoms. The topological polar surface area (TPSA) is 69.5 Å². The highest BCUT2D eigenvalue weighted by Crippen LogP contribution is 2.23. The number of pyridine rings is 1. The van der Waals surface area contributed by atoms with Gasteiger partial charge in [-0.25, -0.2) is 4.99 Å². The van der Waals surface area contributed by atoms with E-state index < -0.39 is 6.10 Å². The van der Waals surface area contributed by atoms with Crippen molar-refractivity contribution in [1.82, 2.24) is 15.6 Å². The van der Waals surface area contributed by atoms with E-state index in [1.807, 2.05) is 38.1 Å². The van der Waals surface area contributed by atoms with Gasteiger partial charge in [0.25, 0.3) is 0 Å². The van der Waals surface area contributed by atoms with Crippen molar-refractivity contribution in [2.45, 2.75) is 52.7 Å². The second-order valence-corrected chi connectivity index (χ2v) is 7.73. The number of aliphatic hydroxyl groups excluding tert-OH is 1. The molecular formula is C22H33IN4O. The van der Waals surface area contributed by atoms with Gasteiger partial charge < -0.3 is 15.7 Å². The van der Waals surface area contributed by atoms with E-state index in [0.717, 1.165) is 23.4 Å². The summed E-state index contributed by atoms with van der Waals surface area (Å²) < 4.78 is 0. The molecule has 1 aromatic carbocycles. The molecule has 0 aliphatic carbocycles. The number of nitrogens with zero attached hydrogens (tertiary/aromatic N) is 2. The Morgan fingerprint density at radius 3 is 2.39 bits per heavy atom. The molecular weight excluding hydrogens is 463 g/mol. The minimum absolute atomic E-state index is 0. The Kier molecular flexibility index (Phi) is 9.89. The number of rotatable bonds is 6. The molecule has 154 valence electrons. The van der Waals surface area contributed by atoms with Gasteiger partial charge in [0, 0.05) is 19.3 Å². The van der Waals surface area contributed by atoms with Crippen LogP contribution in [0.2, 0.25) is 0 Å². The molecule has 3 N–H and O–H groups in total. The first-order valence-electron chi connectivity index (χ1n) is 9.52. The van der Waals surface area contributed by atoms with Crippen LogP contribution in [0.1, 0.15) is 56.2 Å². The molecule has 5 nitrogen and oxygen atoms in total. The molecule has 1 heterocycles. The molecule has 1 atom stereocenters. The molecule has 0 aliphatic rings. The number of hydrogen-bond acceptors (Lipinski definition) is 3. The van der Waals surface area contributed by atoms with Gasteiger partial charge in [0.05, 0.1) is 18.3 Å². The van der Waals surface area contributed by atoms with E-state index in [-0.39, 0.29) is 29.4 Å². The Bertz CT molecular complexity index is 754. The fraction of sp³-hybridized carbons (Fsp3) is 0.455. The monoisotopic (exact) mass is 496 g/mol. The smallest absolute Gasteiger partial charge is 0.191 e. The van der Waals surface area contributed by atoms with Crippen LogP contribution in [-0.4, -0.2) is 29.1 Å². The summed E-state index contributed by atoms with van der Waals surface area (Å²) in [4.78, 5) is 8.95. The molecule has 0 saturated heterocycles. The lowest BCUT2D eigenvalue weighted by atomic mass is 9.86. The van der Waals surface area contributed by atoms with Crippen LogP contribution in [0, 0.1) is 6.92 Å². The number of hydrogen-bond donors (Lipinski definition) is 3. The summed E-state index contributed by atoms with van der Waals surface area (Å²) in [7, 11) is 0. The summed E-state index contributed by atoms with van der Waals surface area (Å²) in [6.45, 7) is 12.2. The summed E-state index contributed by atoms with van der Waals surface area (Å²) in [6.07, 6.45) is 1.18. The second kappa shape index (κ2) is 11.4. The standard InChI is InChI=1S/C22H32N4O.HI/c1-6-23-21(25-14-19-16(2)8-7-13-24-19)26-15-20(27)17-9-11-18(12-10-17)22(3,4)5;/h7-13,20,27H,6,14-15H2,1-5H3,(H2,23,25,26);1H. The van der Waals surface area contributed by atoms with Gasteiger partial charge >= 0.3 is 0 Å². The van der Waals surface area contributed by atoms with Crippen LogP contribution in [0.25, 0.3) is 0 Å². The fourth-order valence-corrected chi connectivity index (χ4v) is 2.70. The number of aliphatic hydroxyl groups is 1. The van der Waals surface area contributed by atoms with Gasteiger partial charge in [-0.3, -0.25) is 4.98 Å². The van der Waals surface area contributed by atoms with Crippen molar-refractivity contribution in [3.8, 4) is 0 Å². The molecule has 0 aliphatic heterocycles. The quantitative estimate of drug-likeness (QED) is 0.320. The van der Waals surface area contributed by atoms with Crippen molar-refractivity contribution in [2.75, 3.05) is 13.1 Å². The third-order valence-corrected chi connectivity index (χ3v) is 4.47. The van der Waals surface area contributed by atoms with Crippen LogP contribution in [-0.2, 0) is 12.0 Å². The van der Waals surface area contributed by atoms with Crippen molar-refractivity contribution in [1.29, 1.82) is 0 Å². The van der Waals surface area contributed by atoms with E-state index in [1.165, 1.54) is 5.56 Å². The van der Waals surface area contributed by atoms with Gasteiger partial charge in [0.1, 0.15) is 0 Å². The average molecular weight is 496 g/mol. The Labute approximate surface area is 186 Å². The summed E-state index contributed by atoms with van der Waals surface area (Å²) >= 11 is 0. The SMILES string of the molecule is CCNC(=NCc1ncccc1C)NCC(O)c1ccc(C(C)(C)C)cc1.I. The van der Waals surface area contributed by atoms with Crippen LogP contribution in [0.4, 0.5) is 0 Å². The molecule has 2 rings (SSSR count). The van der Waals surface area contributed by atoms with E-state index in [0.29, 0.717) is 19.0 Å². The second-order valence-electron chi connectivity index (χ2n) is 7.73. The Hall–Kier alpha value is -1.67. The molecule has 0 fully saturated rings. The van der Waals surface area contributed by atoms with E-state index >= 15 is 0 Å². The summed E-state index contributed by atoms with van der Waals surface area (Å²) in [5.74, 6) is 0.674. The summed E-state index contributed by atoms with van der Waals surface area (Å²) in [5.41, 5.74) is 4.33. The Morgan fingerprint density at radius 1 is 1.14 bits per heavy atom. The van der Waals surface area contributed by atoms with E-state index in [1.54, 1.807) is 6.20 Å². The fourth-order valence-electron chi connectivity index (χ4n) is 2.70. The lowest BCUT2D eigenvalue weighted by Gasteiger charge is -2.20. The predicted octanol–water partition coefficient (Wildman–Crippen LogP) is 4.09. The number of benzene rings is 1. The molecule has 6 heteroatoms. The van der Waals surface area contributed by atoms with Crippen LogP contribution in [0.5, 0.6) is 0 Å². The summed E-state index contributed by atoms with van der Waals surface area (Å²) in [6, 6.07) is 12.1. The lowest BCUT2D eigenvalue weighted by molar-refractivity contribution is 0.181. The van der Waals surface area contributed by atoms with Crippen molar-refractivity contribution in [2.24, 2.45) is 4.99 Å². The molecule has 1 unspecified atom stereocenters. The normalized spacial score (nSPS) is 12.9. The maximum atomic E-state index is 10.5. The van der Waals surface area contributed by atoms with E-state index in [4.69, 9.17) is 0 Å². The zero-order valence-electron chi connectivity index (χ0n) is 17.5. The Balaban J connectivity index is 0.00000392. The number of guanidine groups is 1. The zero-order valence-corrected chi connectivity index (χ0v) is 19.8. The van der Waals surface area contributed by atoms with Crippen LogP contribution in [0.3, 0.4) is 0 Å². The van der Waals surface area contributed by atoms with Crippen molar-refractivity contribution in [3.63, 3.8) is 0 Å². The first-order chi connectivity index (χ1) is 12.8. The molecule has 1 aromatic heterocycles. The highest BCUT2D eigenvalue weighted by molar-refractivity contribution is 14.0. The third-order valence-electron chi connectivity index (χ3n) is 4.47. The van der Waals surface area contributed by atoms with Crippen molar-refractivity contribution < 1.29 is 5.11 Å². The highest BCUT2D eigenvalue weighted by atomic mass is 127. The van der Waals surface area contributed by atoms with Gasteiger partial charge in [0.15, 0.2) is 5.96 Å². The van der Waals surface area contributed by atoms with Crippen molar-refractivity contribution >= 4 is 29.9 Å². The number of aromatic nitrogens is 1. The first-order valence-corrected chi connectivity index (χ1v) is 9.52. The van der Waals surface area contributed by atoms with E-state index in [9.17, 15) is 5.11 Å². The minimum atomic E-state index is -0.598. The summed E-state index contributed by atoms with van der Waals surface area (Å²) in [5, 5.41) is 16.9. The number of aryl methyl sites for hydroxylation is 1. The van der Waals surface area contributed by atoms with Gasteiger partial charge in [-0.15, -0.1) is 24.0 Å². The van der Waals surface area contributed by atoms with Crippen LogP contribution < -0.4 is 10.6 Å². The Morgan fingerprint density at radius 2 is 1.82 bits per heavy atom. The first kappa shape index (κ1) is 24.4. The van der Waals surface area contributed by atoms with Gasteiger partial charge in [0.2, 0.25) is 0 Å². The zero-order chi connectivity index (χ0) is 19.9. The third kappa shape index (κ3) is 7.39. The van der Waals surface area contributed by atoms with Crippen LogP contribution in [0.15, 0.2) is 47.6 Å². The maximum absolute atomic E-state index is 10.5. The molecule has 0 radical (unpaired) electrons. The molecule has 0 spiro atoms. The van der Waals surface area contributed by atoms with E-state index in [2.05, 4.69) is 53.5 Å². The molecule has 2 aromatic rings.